The third-order valence-corrected chi connectivity index (χ3v) is 5.89. The molecule has 0 aliphatic heterocycles. The summed E-state index contributed by atoms with van der Waals surface area (Å²) in [4.78, 5) is 31.1. The number of rotatable bonds is 6. The van der Waals surface area contributed by atoms with Gasteiger partial charge in [-0.05, 0) is 56.4 Å². The van der Waals surface area contributed by atoms with Gasteiger partial charge in [-0.15, -0.1) is 0 Å². The summed E-state index contributed by atoms with van der Waals surface area (Å²) in [5.41, 5.74) is 0.785. The highest BCUT2D eigenvalue weighted by Gasteiger charge is 2.32. The first-order chi connectivity index (χ1) is 14.2. The Labute approximate surface area is 173 Å². The highest BCUT2D eigenvalue weighted by molar-refractivity contribution is 5.89. The van der Waals surface area contributed by atoms with E-state index in [1.165, 1.54) is 44.6 Å². The van der Waals surface area contributed by atoms with Crippen molar-refractivity contribution in [3.05, 3.63) is 30.0 Å². The molecule has 1 aromatic heterocycles. The van der Waals surface area contributed by atoms with Gasteiger partial charge in [-0.1, -0.05) is 38.5 Å². The van der Waals surface area contributed by atoms with E-state index in [-0.39, 0.29) is 12.0 Å². The van der Waals surface area contributed by atoms with E-state index < -0.39 is 0 Å². The third-order valence-electron chi connectivity index (χ3n) is 5.89. The minimum Gasteiger partial charge on any atom is -0.463 e. The van der Waals surface area contributed by atoms with Gasteiger partial charge in [0.2, 0.25) is 0 Å². The van der Waals surface area contributed by atoms with E-state index in [0.717, 1.165) is 31.2 Å². The van der Waals surface area contributed by atoms with Gasteiger partial charge in [0, 0.05) is 24.4 Å². The van der Waals surface area contributed by atoms with Crippen LogP contribution in [0, 0.1) is 0 Å². The third kappa shape index (κ3) is 6.31. The summed E-state index contributed by atoms with van der Waals surface area (Å²) in [7, 11) is 0. The molecule has 6 nitrogen and oxygen atoms in total. The molecule has 2 saturated carbocycles. The number of nitrogens with zero attached hydrogens (tertiary/aromatic N) is 2. The van der Waals surface area contributed by atoms with Crippen LogP contribution in [0.5, 0.6) is 0 Å². The molecule has 0 atom stereocenters. The topological polar surface area (TPSA) is 71.5 Å². The maximum Gasteiger partial charge on any atom is 0.330 e. The highest BCUT2D eigenvalue weighted by Crippen LogP contribution is 2.30. The molecule has 0 unspecified atom stereocenters. The fourth-order valence-corrected chi connectivity index (χ4v) is 4.45. The molecule has 6 heteroatoms. The molecule has 0 bridgehead atoms. The van der Waals surface area contributed by atoms with Gasteiger partial charge in [-0.3, -0.25) is 5.32 Å². The lowest BCUT2D eigenvalue weighted by atomic mass is 9.89. The Bertz CT molecular complexity index is 672. The molecule has 0 radical (unpaired) electrons. The summed E-state index contributed by atoms with van der Waals surface area (Å²) >= 11 is 0. The standard InChI is InChI=1S/C23H33N3O3/c1-2-29-22(27)16-14-18-13-15-21(24-17-18)25-23(28)26(19-9-5-3-6-10-19)20-11-7-4-8-12-20/h13-17,19-20H,2-12H2,1H3,(H,24,25,28)/b16-14+. The molecule has 1 aromatic rings. The first-order valence-electron chi connectivity index (χ1n) is 11.1. The number of esters is 1. The zero-order valence-corrected chi connectivity index (χ0v) is 17.4. The van der Waals surface area contributed by atoms with E-state index in [0.29, 0.717) is 24.5 Å². The molecule has 3 rings (SSSR count). The molecular weight excluding hydrogens is 366 g/mol. The molecule has 2 aliphatic rings. The van der Waals surface area contributed by atoms with Crippen LogP contribution in [0.3, 0.4) is 0 Å². The first kappa shape index (κ1) is 21.3. The number of ether oxygens (including phenoxy) is 1. The average Bonchev–Trinajstić information content (AvgIpc) is 2.75. The quantitative estimate of drug-likeness (QED) is 0.530. The van der Waals surface area contributed by atoms with Gasteiger partial charge in [-0.2, -0.15) is 0 Å². The van der Waals surface area contributed by atoms with Gasteiger partial charge < -0.3 is 9.64 Å². The van der Waals surface area contributed by atoms with Crippen LogP contribution in [0.4, 0.5) is 10.6 Å². The summed E-state index contributed by atoms with van der Waals surface area (Å²) in [5, 5.41) is 3.01. The molecule has 0 aromatic carbocycles. The number of anilines is 1. The van der Waals surface area contributed by atoms with Crippen LogP contribution in [0.25, 0.3) is 6.08 Å². The predicted octanol–water partition coefficient (Wildman–Crippen LogP) is 5.16. The van der Waals surface area contributed by atoms with Gasteiger partial charge in [0.15, 0.2) is 0 Å². The van der Waals surface area contributed by atoms with Crippen molar-refractivity contribution in [1.82, 2.24) is 9.88 Å². The second kappa shape index (κ2) is 11.0. The van der Waals surface area contributed by atoms with Crippen molar-refractivity contribution >= 4 is 23.9 Å². The van der Waals surface area contributed by atoms with E-state index in [1.54, 1.807) is 25.3 Å². The maximum atomic E-state index is 13.2. The van der Waals surface area contributed by atoms with E-state index in [4.69, 9.17) is 4.74 Å². The van der Waals surface area contributed by atoms with Crippen molar-refractivity contribution in [2.75, 3.05) is 11.9 Å². The maximum absolute atomic E-state index is 13.2. The molecule has 158 valence electrons. The molecule has 2 aliphatic carbocycles. The smallest absolute Gasteiger partial charge is 0.330 e. The number of urea groups is 1. The summed E-state index contributed by atoms with van der Waals surface area (Å²) in [6.45, 7) is 2.12. The summed E-state index contributed by atoms with van der Waals surface area (Å²) < 4.78 is 4.87. The van der Waals surface area contributed by atoms with Crippen LogP contribution in [0.1, 0.15) is 76.7 Å². The van der Waals surface area contributed by atoms with Crippen molar-refractivity contribution in [2.24, 2.45) is 0 Å². The summed E-state index contributed by atoms with van der Waals surface area (Å²) in [6.07, 6.45) is 16.5. The van der Waals surface area contributed by atoms with Gasteiger partial charge in [-0.25, -0.2) is 14.6 Å². The Balaban J connectivity index is 1.64. The normalized spacial score (nSPS) is 18.5. The Morgan fingerprint density at radius 2 is 1.69 bits per heavy atom. The molecule has 0 spiro atoms. The Morgan fingerprint density at radius 3 is 2.21 bits per heavy atom. The highest BCUT2D eigenvalue weighted by atomic mass is 16.5. The van der Waals surface area contributed by atoms with Gasteiger partial charge in [0.1, 0.15) is 5.82 Å². The SMILES string of the molecule is CCOC(=O)/C=C/c1ccc(NC(=O)N(C2CCCCC2)C2CCCCC2)nc1. The zero-order valence-electron chi connectivity index (χ0n) is 17.4. The number of hydrogen-bond acceptors (Lipinski definition) is 4. The largest absolute Gasteiger partial charge is 0.463 e. The van der Waals surface area contributed by atoms with Crippen molar-refractivity contribution in [3.63, 3.8) is 0 Å². The van der Waals surface area contributed by atoms with Crippen LogP contribution in [0.2, 0.25) is 0 Å². The Kier molecular flexibility index (Phi) is 8.08. The zero-order chi connectivity index (χ0) is 20.5. The number of carbonyl (C=O) groups excluding carboxylic acids is 2. The van der Waals surface area contributed by atoms with Gasteiger partial charge >= 0.3 is 12.0 Å². The number of amides is 2. The fourth-order valence-electron chi connectivity index (χ4n) is 4.45. The molecule has 29 heavy (non-hydrogen) atoms. The molecule has 0 saturated heterocycles. The van der Waals surface area contributed by atoms with Crippen LogP contribution < -0.4 is 5.32 Å². The monoisotopic (exact) mass is 399 g/mol. The fraction of sp³-hybridized carbons (Fsp3) is 0.609. The van der Waals surface area contributed by atoms with Crippen LogP contribution in [-0.4, -0.2) is 40.6 Å². The average molecular weight is 400 g/mol. The number of carbonyl (C=O) groups is 2. The van der Waals surface area contributed by atoms with Crippen molar-refractivity contribution in [2.45, 2.75) is 83.2 Å². The van der Waals surface area contributed by atoms with Crippen LogP contribution in [0.15, 0.2) is 24.4 Å². The Hall–Kier alpha value is -2.37. The van der Waals surface area contributed by atoms with E-state index >= 15 is 0 Å². The number of pyridine rings is 1. The lowest BCUT2D eigenvalue weighted by Crippen LogP contribution is -2.50. The lowest BCUT2D eigenvalue weighted by molar-refractivity contribution is -0.137. The number of nitrogens with one attached hydrogen (secondary N) is 1. The minimum atomic E-state index is -0.375. The molecule has 2 fully saturated rings. The summed E-state index contributed by atoms with van der Waals surface area (Å²) in [6, 6.07) is 4.29. The van der Waals surface area contributed by atoms with Crippen LogP contribution >= 0.6 is 0 Å². The minimum absolute atomic E-state index is 0.0221. The first-order valence-corrected chi connectivity index (χ1v) is 11.1. The second-order valence-corrected chi connectivity index (χ2v) is 7.98. The number of hydrogen-bond donors (Lipinski definition) is 1. The predicted molar refractivity (Wildman–Crippen MR) is 115 cm³/mol. The molecular formula is C23H33N3O3. The van der Waals surface area contributed by atoms with E-state index in [1.807, 2.05) is 6.07 Å². The molecule has 1 N–H and O–H groups in total. The van der Waals surface area contributed by atoms with Crippen molar-refractivity contribution in [3.8, 4) is 0 Å². The van der Waals surface area contributed by atoms with E-state index in [2.05, 4.69) is 15.2 Å². The van der Waals surface area contributed by atoms with Crippen LogP contribution in [-0.2, 0) is 9.53 Å². The van der Waals surface area contributed by atoms with E-state index in [9.17, 15) is 9.59 Å². The number of aromatic nitrogens is 1. The van der Waals surface area contributed by atoms with Gasteiger partial charge in [0.05, 0.1) is 6.61 Å². The lowest BCUT2D eigenvalue weighted by Gasteiger charge is -2.41. The molecule has 2 amide bonds. The molecule has 1 heterocycles. The second-order valence-electron chi connectivity index (χ2n) is 7.98. The summed E-state index contributed by atoms with van der Waals surface area (Å²) in [5.74, 6) is 0.167. The van der Waals surface area contributed by atoms with Crippen molar-refractivity contribution < 1.29 is 14.3 Å². The van der Waals surface area contributed by atoms with Crippen molar-refractivity contribution in [1.29, 1.82) is 0 Å². The Morgan fingerprint density at radius 1 is 1.07 bits per heavy atom. The van der Waals surface area contributed by atoms with Gasteiger partial charge in [0.25, 0.3) is 0 Å².